The van der Waals surface area contributed by atoms with Gasteiger partial charge in [0.1, 0.15) is 0 Å². The second-order valence-corrected chi connectivity index (χ2v) is 7.80. The van der Waals surface area contributed by atoms with Crippen LogP contribution in [0, 0.1) is 0 Å². The molecular weight excluding hydrogens is 282 g/mol. The maximum Gasteiger partial charge on any atom is 0.152 e. The zero-order valence-electron chi connectivity index (χ0n) is 10.9. The van der Waals surface area contributed by atoms with Crippen LogP contribution < -0.4 is 5.32 Å². The first-order valence-electron chi connectivity index (χ1n) is 6.73. The average molecular weight is 302 g/mol. The molecule has 106 valence electrons. The molecule has 0 bridgehead atoms. The zero-order valence-corrected chi connectivity index (χ0v) is 12.5. The first kappa shape index (κ1) is 14.8. The molecule has 0 aromatic heterocycles. The van der Waals surface area contributed by atoms with Gasteiger partial charge >= 0.3 is 0 Å². The number of hydrogen-bond acceptors (Lipinski definition) is 3. The minimum absolute atomic E-state index is 0.143. The first-order chi connectivity index (χ1) is 9.05. The van der Waals surface area contributed by atoms with Crippen LogP contribution in [0.2, 0.25) is 5.02 Å². The third kappa shape index (κ3) is 5.13. The Morgan fingerprint density at radius 1 is 1.21 bits per heavy atom. The quantitative estimate of drug-likeness (QED) is 0.908. The predicted molar refractivity (Wildman–Crippen MR) is 79.5 cm³/mol. The Bertz CT molecular complexity index is 493. The Kier molecular flexibility index (Phi) is 5.25. The average Bonchev–Trinajstić information content (AvgIpc) is 2.39. The van der Waals surface area contributed by atoms with E-state index in [-0.39, 0.29) is 17.5 Å². The minimum atomic E-state index is -2.99. The Labute approximate surface area is 120 Å². The molecule has 0 saturated carbocycles. The lowest BCUT2D eigenvalue weighted by Crippen LogP contribution is -2.40. The molecule has 19 heavy (non-hydrogen) atoms. The largest absolute Gasteiger partial charge is 0.313 e. The lowest BCUT2D eigenvalue weighted by Gasteiger charge is -2.23. The fourth-order valence-corrected chi connectivity index (χ4v) is 4.12. The Balaban J connectivity index is 1.84. The molecule has 5 heteroatoms. The number of piperidine rings is 1. The smallest absolute Gasteiger partial charge is 0.152 e. The third-order valence-corrected chi connectivity index (χ3v) is 5.47. The summed E-state index contributed by atoms with van der Waals surface area (Å²) < 4.78 is 24.1. The van der Waals surface area contributed by atoms with Crippen LogP contribution in [-0.2, 0) is 16.3 Å². The third-order valence-electron chi connectivity index (χ3n) is 3.48. The molecule has 1 aliphatic rings. The minimum Gasteiger partial charge on any atom is -0.313 e. The second kappa shape index (κ2) is 6.73. The molecule has 1 saturated heterocycles. The van der Waals surface area contributed by atoms with E-state index < -0.39 is 9.84 Å². The Morgan fingerprint density at radius 3 is 2.58 bits per heavy atom. The molecular formula is C14H20ClNO2S. The van der Waals surface area contributed by atoms with Crippen LogP contribution in [0.5, 0.6) is 0 Å². The van der Waals surface area contributed by atoms with Crippen molar-refractivity contribution >= 4 is 21.4 Å². The molecule has 1 fully saturated rings. The maximum absolute atomic E-state index is 12.1. The number of nitrogens with one attached hydrogen (secondary N) is 1. The zero-order chi connectivity index (χ0) is 13.7. The summed E-state index contributed by atoms with van der Waals surface area (Å²) in [5, 5.41) is 3.96. The summed E-state index contributed by atoms with van der Waals surface area (Å²) in [6.45, 7) is 0.942. The van der Waals surface area contributed by atoms with Crippen molar-refractivity contribution in [1.29, 1.82) is 0 Å². The topological polar surface area (TPSA) is 46.2 Å². The van der Waals surface area contributed by atoms with Crippen molar-refractivity contribution in [3.05, 3.63) is 34.9 Å². The van der Waals surface area contributed by atoms with Crippen molar-refractivity contribution in [3.8, 4) is 0 Å². The molecule has 1 aromatic carbocycles. The number of hydrogen-bond donors (Lipinski definition) is 1. The number of rotatable bonds is 5. The molecule has 2 rings (SSSR count). The second-order valence-electron chi connectivity index (χ2n) is 5.14. The van der Waals surface area contributed by atoms with Crippen molar-refractivity contribution in [2.75, 3.05) is 18.1 Å². The molecule has 1 aromatic rings. The molecule has 0 amide bonds. The summed E-state index contributed by atoms with van der Waals surface area (Å²) in [5.74, 6) is 0.480. The summed E-state index contributed by atoms with van der Waals surface area (Å²) in [6, 6.07) is 7.51. The van der Waals surface area contributed by atoms with E-state index in [4.69, 9.17) is 11.6 Å². The van der Waals surface area contributed by atoms with Gasteiger partial charge in [-0.05, 0) is 43.5 Å². The molecule has 0 aliphatic carbocycles. The van der Waals surface area contributed by atoms with E-state index in [9.17, 15) is 8.42 Å². The van der Waals surface area contributed by atoms with Gasteiger partial charge in [-0.3, -0.25) is 0 Å². The number of sulfone groups is 1. The van der Waals surface area contributed by atoms with Gasteiger partial charge in [-0.1, -0.05) is 30.2 Å². The summed E-state index contributed by atoms with van der Waals surface area (Å²) in [6.07, 6.45) is 3.82. The van der Waals surface area contributed by atoms with Gasteiger partial charge < -0.3 is 5.32 Å². The summed E-state index contributed by atoms with van der Waals surface area (Å²) in [4.78, 5) is 0. The Hall–Kier alpha value is -0.580. The van der Waals surface area contributed by atoms with Gasteiger partial charge in [0.2, 0.25) is 0 Å². The van der Waals surface area contributed by atoms with E-state index in [2.05, 4.69) is 5.32 Å². The fourth-order valence-electron chi connectivity index (χ4n) is 2.38. The van der Waals surface area contributed by atoms with Crippen LogP contribution in [0.1, 0.15) is 24.8 Å². The van der Waals surface area contributed by atoms with Crippen LogP contribution in [0.4, 0.5) is 0 Å². The van der Waals surface area contributed by atoms with E-state index >= 15 is 0 Å². The van der Waals surface area contributed by atoms with Crippen molar-refractivity contribution < 1.29 is 8.42 Å². The highest BCUT2D eigenvalue weighted by atomic mass is 35.5. The Morgan fingerprint density at radius 2 is 1.95 bits per heavy atom. The molecule has 3 nitrogen and oxygen atoms in total. The van der Waals surface area contributed by atoms with Gasteiger partial charge in [-0.25, -0.2) is 8.42 Å². The summed E-state index contributed by atoms with van der Waals surface area (Å²) >= 11 is 5.80. The van der Waals surface area contributed by atoms with E-state index in [1.165, 1.54) is 0 Å². The van der Waals surface area contributed by atoms with E-state index in [0.717, 1.165) is 31.4 Å². The number of benzene rings is 1. The molecule has 1 aliphatic heterocycles. The van der Waals surface area contributed by atoms with E-state index in [1.54, 1.807) is 12.1 Å². The molecule has 1 heterocycles. The lowest BCUT2D eigenvalue weighted by molar-refractivity contribution is 0.423. The predicted octanol–water partition coefficient (Wildman–Crippen LogP) is 2.44. The summed E-state index contributed by atoms with van der Waals surface area (Å²) in [5.41, 5.74) is 1.02. The van der Waals surface area contributed by atoms with Gasteiger partial charge in [-0.15, -0.1) is 0 Å². The van der Waals surface area contributed by atoms with Gasteiger partial charge in [0.05, 0.1) is 11.5 Å². The highest BCUT2D eigenvalue weighted by Crippen LogP contribution is 2.13. The highest BCUT2D eigenvalue weighted by molar-refractivity contribution is 7.91. The number of halogens is 1. The normalized spacial score (nSPS) is 20.4. The fraction of sp³-hybridized carbons (Fsp3) is 0.571. The summed E-state index contributed by atoms with van der Waals surface area (Å²) in [7, 11) is -2.99. The van der Waals surface area contributed by atoms with Crippen LogP contribution >= 0.6 is 11.6 Å². The van der Waals surface area contributed by atoms with Crippen LogP contribution in [-0.4, -0.2) is 32.5 Å². The SMILES string of the molecule is O=S(=O)(CCc1ccc(Cl)cc1)CC1CCCCN1. The van der Waals surface area contributed by atoms with Gasteiger partial charge in [0.25, 0.3) is 0 Å². The van der Waals surface area contributed by atoms with Gasteiger partial charge in [0, 0.05) is 11.1 Å². The molecule has 0 spiro atoms. The number of aryl methyl sites for hydroxylation is 1. The lowest BCUT2D eigenvalue weighted by atomic mass is 10.1. The van der Waals surface area contributed by atoms with Crippen LogP contribution in [0.3, 0.4) is 0 Å². The van der Waals surface area contributed by atoms with E-state index in [1.807, 2.05) is 12.1 Å². The first-order valence-corrected chi connectivity index (χ1v) is 8.93. The van der Waals surface area contributed by atoms with Crippen LogP contribution in [0.15, 0.2) is 24.3 Å². The van der Waals surface area contributed by atoms with Crippen molar-refractivity contribution in [3.63, 3.8) is 0 Å². The van der Waals surface area contributed by atoms with Crippen molar-refractivity contribution in [1.82, 2.24) is 5.32 Å². The molecule has 1 N–H and O–H groups in total. The van der Waals surface area contributed by atoms with Crippen molar-refractivity contribution in [2.24, 2.45) is 0 Å². The van der Waals surface area contributed by atoms with Crippen molar-refractivity contribution in [2.45, 2.75) is 31.7 Å². The van der Waals surface area contributed by atoms with Gasteiger partial charge in [0.15, 0.2) is 9.84 Å². The highest BCUT2D eigenvalue weighted by Gasteiger charge is 2.20. The molecule has 1 unspecified atom stereocenters. The van der Waals surface area contributed by atoms with Crippen LogP contribution in [0.25, 0.3) is 0 Å². The van der Waals surface area contributed by atoms with Gasteiger partial charge in [-0.2, -0.15) is 0 Å². The molecule has 1 atom stereocenters. The monoisotopic (exact) mass is 301 g/mol. The van der Waals surface area contributed by atoms with E-state index in [0.29, 0.717) is 11.4 Å². The maximum atomic E-state index is 12.1. The molecule has 0 radical (unpaired) electrons. The standard InChI is InChI=1S/C14H20ClNO2S/c15-13-6-4-12(5-7-13)8-10-19(17,18)11-14-3-1-2-9-16-14/h4-7,14,16H,1-3,8-11H2.